The Labute approximate surface area is 175 Å². The molecule has 2 aliphatic heterocycles. The maximum Gasteiger partial charge on any atom is 0.200 e. The van der Waals surface area contributed by atoms with Gasteiger partial charge in [-0.15, -0.1) is 0 Å². The van der Waals surface area contributed by atoms with Crippen molar-refractivity contribution in [3.63, 3.8) is 0 Å². The maximum absolute atomic E-state index is 9.91. The topological polar surface area (TPSA) is 114 Å². The molecule has 0 saturated carbocycles. The lowest BCUT2D eigenvalue weighted by Crippen LogP contribution is -2.41. The van der Waals surface area contributed by atoms with Crippen LogP contribution in [0, 0.1) is 17.2 Å². The molecule has 0 radical (unpaired) electrons. The van der Waals surface area contributed by atoms with Gasteiger partial charge in [0.2, 0.25) is 5.88 Å². The van der Waals surface area contributed by atoms with Gasteiger partial charge in [0.1, 0.15) is 6.07 Å². The van der Waals surface area contributed by atoms with E-state index < -0.39 is 0 Å². The molecule has 1 fully saturated rings. The van der Waals surface area contributed by atoms with Crippen LogP contribution in [0.1, 0.15) is 36.9 Å². The zero-order chi connectivity index (χ0) is 21.1. The van der Waals surface area contributed by atoms with Crippen molar-refractivity contribution in [3.8, 4) is 17.6 Å². The molecule has 1 aromatic heterocycles. The molecule has 4 unspecified atom stereocenters. The lowest BCUT2D eigenvalue weighted by atomic mass is 9.74. The fourth-order valence-electron chi connectivity index (χ4n) is 4.21. The second-order valence-electron chi connectivity index (χ2n) is 7.10. The maximum atomic E-state index is 9.91. The van der Waals surface area contributed by atoms with E-state index >= 15 is 0 Å². The Hall–Kier alpha value is -3.28. The van der Waals surface area contributed by atoms with Gasteiger partial charge < -0.3 is 19.9 Å². The molecule has 8 heteroatoms. The van der Waals surface area contributed by atoms with E-state index in [1.165, 1.54) is 0 Å². The Balaban J connectivity index is 1.81. The largest absolute Gasteiger partial charge is 0.490 e. The smallest absolute Gasteiger partial charge is 0.200 e. The molecule has 1 saturated heterocycles. The quantitative estimate of drug-likeness (QED) is 0.669. The summed E-state index contributed by atoms with van der Waals surface area (Å²) < 4.78 is 17.4. The molecular formula is C22H25N5O3. The van der Waals surface area contributed by atoms with Crippen molar-refractivity contribution in [3.05, 3.63) is 65.3 Å². The Morgan fingerprint density at radius 1 is 1.07 bits per heavy atom. The lowest BCUT2D eigenvalue weighted by Gasteiger charge is -2.36. The molecular weight excluding hydrogens is 382 g/mol. The molecule has 4 N–H and O–H groups in total. The van der Waals surface area contributed by atoms with Crippen LogP contribution in [0.15, 0.2) is 54.2 Å². The summed E-state index contributed by atoms with van der Waals surface area (Å²) in [6.07, 6.45) is 3.12. The highest BCUT2D eigenvalue weighted by atomic mass is 16.5. The highest BCUT2D eigenvalue weighted by molar-refractivity contribution is 5.49. The van der Waals surface area contributed by atoms with Crippen molar-refractivity contribution in [1.29, 1.82) is 5.26 Å². The number of rotatable bonds is 6. The van der Waals surface area contributed by atoms with Crippen LogP contribution in [0.4, 0.5) is 0 Å². The van der Waals surface area contributed by atoms with Crippen LogP contribution in [-0.2, 0) is 4.74 Å². The summed E-state index contributed by atoms with van der Waals surface area (Å²) in [5, 5.41) is 9.91. The summed E-state index contributed by atoms with van der Waals surface area (Å²) in [5.41, 5.74) is 15.0. The number of aromatic nitrogens is 1. The van der Waals surface area contributed by atoms with Crippen molar-refractivity contribution in [2.75, 3.05) is 13.2 Å². The third-order valence-electron chi connectivity index (χ3n) is 5.44. The van der Waals surface area contributed by atoms with E-state index in [0.717, 1.165) is 11.1 Å². The first kappa shape index (κ1) is 20.0. The minimum Gasteiger partial charge on any atom is -0.490 e. The van der Waals surface area contributed by atoms with Crippen molar-refractivity contribution >= 4 is 0 Å². The van der Waals surface area contributed by atoms with Crippen molar-refractivity contribution in [2.24, 2.45) is 11.7 Å². The number of nitriles is 1. The summed E-state index contributed by atoms with van der Waals surface area (Å²) >= 11 is 0. The van der Waals surface area contributed by atoms with Crippen LogP contribution in [0.3, 0.4) is 0 Å². The van der Waals surface area contributed by atoms with Gasteiger partial charge in [0.15, 0.2) is 17.7 Å². The van der Waals surface area contributed by atoms with Gasteiger partial charge in [-0.05, 0) is 49.2 Å². The monoisotopic (exact) mass is 407 g/mol. The fourth-order valence-corrected chi connectivity index (χ4v) is 4.21. The average Bonchev–Trinajstić information content (AvgIpc) is 3.18. The Kier molecular flexibility index (Phi) is 5.74. The van der Waals surface area contributed by atoms with Gasteiger partial charge in [-0.1, -0.05) is 6.07 Å². The van der Waals surface area contributed by atoms with Crippen molar-refractivity contribution in [2.45, 2.75) is 32.0 Å². The molecule has 30 heavy (non-hydrogen) atoms. The number of pyridine rings is 1. The van der Waals surface area contributed by atoms with Gasteiger partial charge in [0, 0.05) is 24.2 Å². The molecule has 2 aromatic rings. The third kappa shape index (κ3) is 3.54. The number of fused-ring (bicyclic) bond motifs is 1. The van der Waals surface area contributed by atoms with Gasteiger partial charge >= 0.3 is 0 Å². The van der Waals surface area contributed by atoms with Crippen molar-refractivity contribution in [1.82, 2.24) is 15.8 Å². The number of hydrogen-bond donors (Lipinski definition) is 3. The minimum atomic E-state index is -0.382. The summed E-state index contributed by atoms with van der Waals surface area (Å²) in [6.45, 7) is 4.90. The standard InChI is InChI=1S/C22H25N5O3/c1-3-28-16-6-5-14(11-17(16)29-4-2)18-15(12-23)21(24)30-22-19(18)20(26-27-22)13-7-9-25-10-8-13/h5-11,18-20,22,26-27H,3-4,24H2,1-2H3. The zero-order valence-electron chi connectivity index (χ0n) is 17.0. The second kappa shape index (κ2) is 8.61. The molecule has 2 aliphatic rings. The summed E-state index contributed by atoms with van der Waals surface area (Å²) in [7, 11) is 0. The van der Waals surface area contributed by atoms with Crippen LogP contribution in [0.25, 0.3) is 0 Å². The number of nitrogens with two attached hydrogens (primary N) is 1. The predicted octanol–water partition coefficient (Wildman–Crippen LogP) is 2.48. The number of ether oxygens (including phenoxy) is 3. The first-order chi connectivity index (χ1) is 14.7. The van der Waals surface area contributed by atoms with E-state index in [2.05, 4.69) is 21.9 Å². The SMILES string of the molecule is CCOc1ccc(C2C(C#N)=C(N)OC3NNC(c4ccncc4)C32)cc1OCC. The summed E-state index contributed by atoms with van der Waals surface area (Å²) in [4.78, 5) is 4.11. The first-order valence-electron chi connectivity index (χ1n) is 10.0. The van der Waals surface area contributed by atoms with Gasteiger partial charge in [-0.2, -0.15) is 5.26 Å². The second-order valence-corrected chi connectivity index (χ2v) is 7.10. The fraction of sp³-hybridized carbons (Fsp3) is 0.364. The number of nitrogens with one attached hydrogen (secondary N) is 2. The average molecular weight is 407 g/mol. The van der Waals surface area contributed by atoms with E-state index in [1.807, 2.05) is 44.2 Å². The molecule has 4 atom stereocenters. The number of nitrogens with zero attached hydrogens (tertiary/aromatic N) is 2. The van der Waals surface area contributed by atoms with Crippen LogP contribution in [-0.4, -0.2) is 24.4 Å². The van der Waals surface area contributed by atoms with Crippen LogP contribution < -0.4 is 26.1 Å². The molecule has 0 aliphatic carbocycles. The normalized spacial score (nSPS) is 25.2. The molecule has 8 nitrogen and oxygen atoms in total. The van der Waals surface area contributed by atoms with Crippen LogP contribution in [0.5, 0.6) is 11.5 Å². The number of benzene rings is 1. The molecule has 156 valence electrons. The summed E-state index contributed by atoms with van der Waals surface area (Å²) in [6, 6.07) is 11.9. The summed E-state index contributed by atoms with van der Waals surface area (Å²) in [5.74, 6) is 1.07. The van der Waals surface area contributed by atoms with Gasteiger partial charge in [0.25, 0.3) is 0 Å². The Morgan fingerprint density at radius 2 is 1.80 bits per heavy atom. The molecule has 4 rings (SSSR count). The molecule has 0 spiro atoms. The lowest BCUT2D eigenvalue weighted by molar-refractivity contribution is 0.0340. The van der Waals surface area contributed by atoms with E-state index in [-0.39, 0.29) is 30.0 Å². The van der Waals surface area contributed by atoms with Gasteiger partial charge in [-0.3, -0.25) is 4.98 Å². The highest BCUT2D eigenvalue weighted by Crippen LogP contribution is 2.48. The van der Waals surface area contributed by atoms with Gasteiger partial charge in [-0.25, -0.2) is 10.9 Å². The molecule has 3 heterocycles. The van der Waals surface area contributed by atoms with Crippen LogP contribution in [0.2, 0.25) is 0 Å². The van der Waals surface area contributed by atoms with Crippen molar-refractivity contribution < 1.29 is 14.2 Å². The van der Waals surface area contributed by atoms with E-state index in [9.17, 15) is 5.26 Å². The predicted molar refractivity (Wildman–Crippen MR) is 110 cm³/mol. The number of allylic oxidation sites excluding steroid dienone is 1. The number of hydrogen-bond acceptors (Lipinski definition) is 8. The molecule has 0 bridgehead atoms. The Bertz CT molecular complexity index is 972. The number of hydrazine groups is 1. The van der Waals surface area contributed by atoms with Crippen LogP contribution >= 0.6 is 0 Å². The third-order valence-corrected chi connectivity index (χ3v) is 5.44. The van der Waals surface area contributed by atoms with E-state index in [0.29, 0.717) is 30.3 Å². The minimum absolute atomic E-state index is 0.0958. The van der Waals surface area contributed by atoms with E-state index in [1.54, 1.807) is 12.4 Å². The first-order valence-corrected chi connectivity index (χ1v) is 10.0. The van der Waals surface area contributed by atoms with E-state index in [4.69, 9.17) is 19.9 Å². The Morgan fingerprint density at radius 3 is 2.50 bits per heavy atom. The molecule has 0 amide bonds. The zero-order valence-corrected chi connectivity index (χ0v) is 17.0. The molecule has 1 aromatic carbocycles. The van der Waals surface area contributed by atoms with Gasteiger partial charge in [0.05, 0.1) is 24.8 Å². The highest BCUT2D eigenvalue weighted by Gasteiger charge is 2.49.